The first-order valence-electron chi connectivity index (χ1n) is 8.78. The number of benzene rings is 2. The fourth-order valence-electron chi connectivity index (χ4n) is 2.89. The minimum atomic E-state index is -0.235. The minimum absolute atomic E-state index is 0.210. The molecule has 0 aliphatic rings. The van der Waals surface area contributed by atoms with E-state index in [0.29, 0.717) is 0 Å². The number of amides is 2. The van der Waals surface area contributed by atoms with Crippen LogP contribution in [0.3, 0.4) is 0 Å². The van der Waals surface area contributed by atoms with Gasteiger partial charge in [0.25, 0.3) is 0 Å². The lowest BCUT2D eigenvalue weighted by molar-refractivity contribution is 0.233. The van der Waals surface area contributed by atoms with Gasteiger partial charge in [0.2, 0.25) is 0 Å². The second-order valence-electron chi connectivity index (χ2n) is 6.54. The summed E-state index contributed by atoms with van der Waals surface area (Å²) in [4.78, 5) is 12.6. The molecule has 0 aliphatic heterocycles. The van der Waals surface area contributed by atoms with E-state index in [2.05, 4.69) is 29.7 Å². The molecule has 0 bridgehead atoms. The van der Waals surface area contributed by atoms with Crippen LogP contribution < -0.4 is 10.6 Å². The molecule has 0 saturated heterocycles. The maximum Gasteiger partial charge on any atom is 0.316 e. The first-order chi connectivity index (χ1) is 12.5. The van der Waals surface area contributed by atoms with Crippen LogP contribution in [0.15, 0.2) is 71.1 Å². The van der Waals surface area contributed by atoms with Crippen molar-refractivity contribution in [2.45, 2.75) is 32.9 Å². The number of rotatable bonds is 5. The Balaban J connectivity index is 1.77. The van der Waals surface area contributed by atoms with E-state index >= 15 is 0 Å². The van der Waals surface area contributed by atoms with Crippen molar-refractivity contribution >= 4 is 6.03 Å². The van der Waals surface area contributed by atoms with Crippen molar-refractivity contribution in [1.29, 1.82) is 0 Å². The Morgan fingerprint density at radius 1 is 0.846 bits per heavy atom. The Kier molecular flexibility index (Phi) is 5.42. The van der Waals surface area contributed by atoms with Gasteiger partial charge in [-0.25, -0.2) is 4.79 Å². The summed E-state index contributed by atoms with van der Waals surface area (Å²) >= 11 is 0. The van der Waals surface area contributed by atoms with E-state index in [9.17, 15) is 4.79 Å². The molecule has 4 nitrogen and oxygen atoms in total. The molecule has 2 unspecified atom stereocenters. The first kappa shape index (κ1) is 17.8. The van der Waals surface area contributed by atoms with Gasteiger partial charge in [0.15, 0.2) is 0 Å². The van der Waals surface area contributed by atoms with E-state index < -0.39 is 0 Å². The summed E-state index contributed by atoms with van der Waals surface area (Å²) in [5.74, 6) is 1.57. The minimum Gasteiger partial charge on any atom is -0.464 e. The second-order valence-corrected chi connectivity index (χ2v) is 6.54. The quantitative estimate of drug-likeness (QED) is 0.678. The van der Waals surface area contributed by atoms with Gasteiger partial charge < -0.3 is 15.1 Å². The highest BCUT2D eigenvalue weighted by Crippen LogP contribution is 2.23. The lowest BCUT2D eigenvalue weighted by Gasteiger charge is -2.21. The molecule has 4 heteroatoms. The van der Waals surface area contributed by atoms with Crippen molar-refractivity contribution in [3.8, 4) is 0 Å². The molecule has 0 radical (unpaired) electrons. The Hall–Kier alpha value is -3.01. The van der Waals surface area contributed by atoms with Crippen LogP contribution >= 0.6 is 0 Å². The van der Waals surface area contributed by atoms with Gasteiger partial charge in [0.1, 0.15) is 11.5 Å². The van der Waals surface area contributed by atoms with Crippen LogP contribution in [0.4, 0.5) is 4.79 Å². The molecule has 134 valence electrons. The molecule has 0 spiro atoms. The SMILES string of the molecule is Cc1ccc(C(NC(=O)NC(C)c2ccc(C)o2)c2ccccc2)cc1. The van der Waals surface area contributed by atoms with Crippen LogP contribution in [0.2, 0.25) is 0 Å². The van der Waals surface area contributed by atoms with Crippen molar-refractivity contribution < 1.29 is 9.21 Å². The van der Waals surface area contributed by atoms with Crippen LogP contribution in [0.1, 0.15) is 47.2 Å². The molecule has 2 atom stereocenters. The lowest BCUT2D eigenvalue weighted by atomic mass is 9.98. The van der Waals surface area contributed by atoms with Crippen LogP contribution in [0.5, 0.6) is 0 Å². The average molecular weight is 348 g/mol. The number of carbonyl (C=O) groups excluding carboxylic acids is 1. The van der Waals surface area contributed by atoms with E-state index in [-0.39, 0.29) is 18.1 Å². The van der Waals surface area contributed by atoms with E-state index in [4.69, 9.17) is 4.42 Å². The maximum absolute atomic E-state index is 12.6. The summed E-state index contributed by atoms with van der Waals surface area (Å²) in [7, 11) is 0. The second kappa shape index (κ2) is 7.91. The van der Waals surface area contributed by atoms with Gasteiger partial charge >= 0.3 is 6.03 Å². The molecule has 0 fully saturated rings. The lowest BCUT2D eigenvalue weighted by Crippen LogP contribution is -2.39. The van der Waals surface area contributed by atoms with Gasteiger partial charge in [0, 0.05) is 0 Å². The number of aryl methyl sites for hydroxylation is 2. The molecule has 2 N–H and O–H groups in total. The fourth-order valence-corrected chi connectivity index (χ4v) is 2.89. The van der Waals surface area contributed by atoms with Crippen LogP contribution in [-0.4, -0.2) is 6.03 Å². The van der Waals surface area contributed by atoms with E-state index in [1.807, 2.05) is 68.4 Å². The van der Waals surface area contributed by atoms with Gasteiger partial charge in [-0.15, -0.1) is 0 Å². The van der Waals surface area contributed by atoms with Crippen molar-refractivity contribution in [3.05, 3.63) is 94.9 Å². The smallest absolute Gasteiger partial charge is 0.316 e. The number of hydrogen-bond acceptors (Lipinski definition) is 2. The molecular weight excluding hydrogens is 324 g/mol. The zero-order valence-corrected chi connectivity index (χ0v) is 15.3. The molecule has 3 rings (SSSR count). The molecule has 26 heavy (non-hydrogen) atoms. The van der Waals surface area contributed by atoms with Crippen molar-refractivity contribution in [3.63, 3.8) is 0 Å². The van der Waals surface area contributed by atoms with Crippen molar-refractivity contribution in [2.24, 2.45) is 0 Å². The fraction of sp³-hybridized carbons (Fsp3) is 0.227. The van der Waals surface area contributed by atoms with E-state index in [0.717, 1.165) is 22.6 Å². The third kappa shape index (κ3) is 4.33. The molecule has 3 aromatic rings. The number of furan rings is 1. The monoisotopic (exact) mass is 348 g/mol. The summed E-state index contributed by atoms with van der Waals surface area (Å²) in [5, 5.41) is 6.03. The average Bonchev–Trinajstić information content (AvgIpc) is 3.08. The highest BCUT2D eigenvalue weighted by molar-refractivity contribution is 5.75. The molecule has 2 amide bonds. The first-order valence-corrected chi connectivity index (χ1v) is 8.78. The van der Waals surface area contributed by atoms with Gasteiger partial charge in [-0.3, -0.25) is 0 Å². The van der Waals surface area contributed by atoms with Crippen LogP contribution in [-0.2, 0) is 0 Å². The summed E-state index contributed by atoms with van der Waals surface area (Å²) in [6.45, 7) is 5.84. The predicted molar refractivity (Wildman–Crippen MR) is 103 cm³/mol. The van der Waals surface area contributed by atoms with Crippen molar-refractivity contribution in [2.75, 3.05) is 0 Å². The Bertz CT molecular complexity index is 853. The zero-order valence-electron chi connectivity index (χ0n) is 15.3. The highest BCUT2D eigenvalue weighted by atomic mass is 16.3. The molecular formula is C22H24N2O2. The standard InChI is InChI=1S/C22H24N2O2/c1-15-9-12-19(13-10-15)21(18-7-5-4-6-8-18)24-22(25)23-17(3)20-14-11-16(2)26-20/h4-14,17,21H,1-3H3,(H2,23,24,25). The Morgan fingerprint density at radius 3 is 2.12 bits per heavy atom. The molecule has 1 heterocycles. The number of carbonyl (C=O) groups is 1. The topological polar surface area (TPSA) is 54.3 Å². The third-order valence-corrected chi connectivity index (χ3v) is 4.35. The molecule has 2 aromatic carbocycles. The predicted octanol–water partition coefficient (Wildman–Crippen LogP) is 5.05. The summed E-state index contributed by atoms with van der Waals surface area (Å²) in [5.41, 5.74) is 3.26. The normalized spacial score (nSPS) is 13.0. The van der Waals surface area contributed by atoms with Gasteiger partial charge in [0.05, 0.1) is 12.1 Å². The Morgan fingerprint density at radius 2 is 1.50 bits per heavy atom. The number of nitrogens with one attached hydrogen (secondary N) is 2. The van der Waals surface area contributed by atoms with Gasteiger partial charge in [-0.05, 0) is 44.0 Å². The van der Waals surface area contributed by atoms with Gasteiger partial charge in [-0.2, -0.15) is 0 Å². The summed E-state index contributed by atoms with van der Waals surface area (Å²) in [6, 6.07) is 21.3. The van der Waals surface area contributed by atoms with E-state index in [1.165, 1.54) is 5.56 Å². The molecule has 0 saturated carbocycles. The Labute approximate surface area is 154 Å². The van der Waals surface area contributed by atoms with Crippen molar-refractivity contribution in [1.82, 2.24) is 10.6 Å². The zero-order chi connectivity index (χ0) is 18.5. The highest BCUT2D eigenvalue weighted by Gasteiger charge is 2.19. The number of hydrogen-bond donors (Lipinski definition) is 2. The third-order valence-electron chi connectivity index (χ3n) is 4.35. The van der Waals surface area contributed by atoms with Gasteiger partial charge in [-0.1, -0.05) is 60.2 Å². The number of urea groups is 1. The summed E-state index contributed by atoms with van der Waals surface area (Å²) < 4.78 is 5.59. The van der Waals surface area contributed by atoms with E-state index in [1.54, 1.807) is 0 Å². The van der Waals surface area contributed by atoms with Crippen LogP contribution in [0.25, 0.3) is 0 Å². The largest absolute Gasteiger partial charge is 0.464 e. The molecule has 0 aliphatic carbocycles. The summed E-state index contributed by atoms with van der Waals surface area (Å²) in [6.07, 6.45) is 0. The van der Waals surface area contributed by atoms with Crippen LogP contribution in [0, 0.1) is 13.8 Å². The maximum atomic E-state index is 12.6. The molecule has 1 aromatic heterocycles.